The van der Waals surface area contributed by atoms with E-state index in [2.05, 4.69) is 29.6 Å². The van der Waals surface area contributed by atoms with E-state index in [-0.39, 0.29) is 24.4 Å². The van der Waals surface area contributed by atoms with Crippen LogP contribution >= 0.6 is 12.4 Å². The maximum absolute atomic E-state index is 12.7. The molecule has 0 saturated heterocycles. The minimum absolute atomic E-state index is 0. The monoisotopic (exact) mass is 553 g/mol. The van der Waals surface area contributed by atoms with Crippen LogP contribution in [0, 0.1) is 0 Å². The van der Waals surface area contributed by atoms with Crippen LogP contribution in [0.3, 0.4) is 0 Å². The second-order valence-corrected chi connectivity index (χ2v) is 9.05. The van der Waals surface area contributed by atoms with E-state index in [0.29, 0.717) is 45.9 Å². The molecule has 0 bridgehead atoms. The first-order chi connectivity index (χ1) is 18.6. The van der Waals surface area contributed by atoms with Crippen molar-refractivity contribution < 1.29 is 23.8 Å². The summed E-state index contributed by atoms with van der Waals surface area (Å²) < 4.78 is 16.4. The van der Waals surface area contributed by atoms with E-state index in [1.165, 1.54) is 7.11 Å². The molecule has 3 aromatic carbocycles. The number of hydrogen-bond acceptors (Lipinski definition) is 6. The summed E-state index contributed by atoms with van der Waals surface area (Å²) in [5.41, 5.74) is 11.4. The number of amides is 2. The van der Waals surface area contributed by atoms with E-state index in [1.54, 1.807) is 4.90 Å². The molecule has 0 heterocycles. The van der Waals surface area contributed by atoms with Crippen LogP contribution in [-0.4, -0.2) is 69.6 Å². The minimum Gasteiger partial charge on any atom is -0.453 e. The van der Waals surface area contributed by atoms with Crippen LogP contribution in [0.2, 0.25) is 0 Å². The SMILES string of the molecule is COC(=O)N(CCOCCOCCNC(=O)[C@@H](N)Cc1ccccc1)C1c2ccccc2-c2ccccc21.Cl. The van der Waals surface area contributed by atoms with E-state index in [0.717, 1.165) is 27.8 Å². The summed E-state index contributed by atoms with van der Waals surface area (Å²) in [7, 11) is 1.39. The normalized spacial score (nSPS) is 12.6. The Hall–Kier alpha value is -3.43. The molecule has 3 N–H and O–H groups in total. The lowest BCUT2D eigenvalue weighted by Gasteiger charge is -2.29. The van der Waals surface area contributed by atoms with Crippen LogP contribution in [0.25, 0.3) is 11.1 Å². The molecule has 4 rings (SSSR count). The Morgan fingerprint density at radius 1 is 0.846 bits per heavy atom. The number of rotatable bonds is 13. The molecule has 9 heteroatoms. The fraction of sp³-hybridized carbons (Fsp3) is 0.333. The maximum Gasteiger partial charge on any atom is 0.410 e. The summed E-state index contributed by atoms with van der Waals surface area (Å²) in [6.45, 7) is 2.18. The largest absolute Gasteiger partial charge is 0.453 e. The predicted molar refractivity (Wildman–Crippen MR) is 153 cm³/mol. The Kier molecular flexibility index (Phi) is 11.8. The maximum atomic E-state index is 12.7. The quantitative estimate of drug-likeness (QED) is 0.311. The summed E-state index contributed by atoms with van der Waals surface area (Å²) in [6.07, 6.45) is 0.0877. The summed E-state index contributed by atoms with van der Waals surface area (Å²) in [5, 5.41) is 2.80. The third kappa shape index (κ3) is 7.80. The number of carbonyl (C=O) groups is 2. The van der Waals surface area contributed by atoms with Gasteiger partial charge in [0.25, 0.3) is 0 Å². The molecule has 208 valence electrons. The average molecular weight is 554 g/mol. The van der Waals surface area contributed by atoms with Gasteiger partial charge in [-0.1, -0.05) is 78.9 Å². The number of methoxy groups -OCH3 is 1. The van der Waals surface area contributed by atoms with Crippen molar-refractivity contribution in [2.24, 2.45) is 5.73 Å². The number of ether oxygens (including phenoxy) is 3. The first-order valence-corrected chi connectivity index (χ1v) is 12.9. The number of nitrogens with zero attached hydrogens (tertiary/aromatic N) is 1. The number of hydrogen-bond donors (Lipinski definition) is 2. The number of fused-ring (bicyclic) bond motifs is 3. The Morgan fingerprint density at radius 2 is 1.41 bits per heavy atom. The van der Waals surface area contributed by atoms with Gasteiger partial charge in [0.2, 0.25) is 5.91 Å². The molecule has 0 fully saturated rings. The number of nitrogens with two attached hydrogens (primary N) is 1. The molecule has 0 spiro atoms. The Labute approximate surface area is 235 Å². The number of halogens is 1. The summed E-state index contributed by atoms with van der Waals surface area (Å²) in [6, 6.07) is 25.1. The molecule has 2 amide bonds. The van der Waals surface area contributed by atoms with E-state index in [9.17, 15) is 9.59 Å². The molecule has 8 nitrogen and oxygen atoms in total. The van der Waals surface area contributed by atoms with Gasteiger partial charge in [-0.15, -0.1) is 12.4 Å². The lowest BCUT2D eigenvalue weighted by molar-refractivity contribution is -0.122. The van der Waals surface area contributed by atoms with E-state index in [1.807, 2.05) is 54.6 Å². The zero-order chi connectivity index (χ0) is 26.7. The Morgan fingerprint density at radius 3 is 2.03 bits per heavy atom. The highest BCUT2D eigenvalue weighted by atomic mass is 35.5. The second-order valence-electron chi connectivity index (χ2n) is 9.05. The fourth-order valence-corrected chi connectivity index (χ4v) is 4.73. The highest BCUT2D eigenvalue weighted by Crippen LogP contribution is 2.46. The molecule has 0 unspecified atom stereocenters. The van der Waals surface area contributed by atoms with Gasteiger partial charge in [-0.3, -0.25) is 9.69 Å². The predicted octanol–water partition coefficient (Wildman–Crippen LogP) is 3.97. The molecule has 39 heavy (non-hydrogen) atoms. The lowest BCUT2D eigenvalue weighted by Crippen LogP contribution is -2.43. The molecule has 3 aromatic rings. The van der Waals surface area contributed by atoms with Gasteiger partial charge in [-0.2, -0.15) is 0 Å². The van der Waals surface area contributed by atoms with Crippen molar-refractivity contribution in [1.29, 1.82) is 0 Å². The van der Waals surface area contributed by atoms with Crippen molar-refractivity contribution in [2.75, 3.05) is 46.6 Å². The molecule has 1 aliphatic rings. The standard InChI is InChI=1S/C30H35N3O5.ClH/c1-36-30(35)33(28-25-13-7-5-11-23(25)24-12-6-8-14-26(24)28)16-18-38-20-19-37-17-15-32-29(34)27(31)21-22-9-3-2-4-10-22;/h2-14,27-28H,15-21,31H2,1H3,(H,32,34);1H/t27-;/m0./s1. The van der Waals surface area contributed by atoms with Crippen LogP contribution < -0.4 is 11.1 Å². The van der Waals surface area contributed by atoms with Crippen molar-refractivity contribution in [3.8, 4) is 11.1 Å². The fourth-order valence-electron chi connectivity index (χ4n) is 4.73. The van der Waals surface area contributed by atoms with Crippen LogP contribution in [0.15, 0.2) is 78.9 Å². The van der Waals surface area contributed by atoms with Crippen molar-refractivity contribution in [1.82, 2.24) is 10.2 Å². The highest BCUT2D eigenvalue weighted by Gasteiger charge is 2.35. The minimum atomic E-state index is -0.600. The molecule has 0 radical (unpaired) electrons. The summed E-state index contributed by atoms with van der Waals surface area (Å²) in [5.74, 6) is -0.202. The van der Waals surface area contributed by atoms with Crippen LogP contribution in [0.4, 0.5) is 4.79 Å². The zero-order valence-corrected chi connectivity index (χ0v) is 22.9. The molecule has 1 aliphatic carbocycles. The van der Waals surface area contributed by atoms with Gasteiger partial charge >= 0.3 is 6.09 Å². The van der Waals surface area contributed by atoms with E-state index in [4.69, 9.17) is 19.9 Å². The van der Waals surface area contributed by atoms with Gasteiger partial charge < -0.3 is 25.3 Å². The van der Waals surface area contributed by atoms with Crippen LogP contribution in [-0.2, 0) is 25.4 Å². The molecular formula is C30H36ClN3O5. The Bertz CT molecular complexity index is 1160. The van der Waals surface area contributed by atoms with E-state index >= 15 is 0 Å². The molecular weight excluding hydrogens is 518 g/mol. The molecule has 1 atom stereocenters. The first kappa shape index (κ1) is 30.1. The Balaban J connectivity index is 0.00000420. The van der Waals surface area contributed by atoms with Crippen molar-refractivity contribution >= 4 is 24.4 Å². The molecule has 0 aromatic heterocycles. The lowest BCUT2D eigenvalue weighted by atomic mass is 10.0. The third-order valence-corrected chi connectivity index (χ3v) is 6.55. The number of benzene rings is 3. The first-order valence-electron chi connectivity index (χ1n) is 12.9. The van der Waals surface area contributed by atoms with Crippen molar-refractivity contribution in [3.05, 3.63) is 95.6 Å². The third-order valence-electron chi connectivity index (χ3n) is 6.55. The second kappa shape index (κ2) is 15.2. The van der Waals surface area contributed by atoms with Gasteiger partial charge in [0, 0.05) is 13.1 Å². The van der Waals surface area contributed by atoms with Crippen molar-refractivity contribution in [2.45, 2.75) is 18.5 Å². The number of carbonyl (C=O) groups excluding carboxylic acids is 2. The summed E-state index contributed by atoms with van der Waals surface area (Å²) >= 11 is 0. The zero-order valence-electron chi connectivity index (χ0n) is 22.1. The summed E-state index contributed by atoms with van der Waals surface area (Å²) in [4.78, 5) is 26.6. The number of nitrogens with one attached hydrogen (secondary N) is 1. The van der Waals surface area contributed by atoms with Gasteiger partial charge in [-0.25, -0.2) is 4.79 Å². The van der Waals surface area contributed by atoms with Gasteiger partial charge in [-0.05, 0) is 34.2 Å². The van der Waals surface area contributed by atoms with Gasteiger partial charge in [0.05, 0.1) is 45.6 Å². The van der Waals surface area contributed by atoms with Gasteiger partial charge in [0.15, 0.2) is 0 Å². The smallest absolute Gasteiger partial charge is 0.410 e. The molecule has 0 aliphatic heterocycles. The van der Waals surface area contributed by atoms with Gasteiger partial charge in [0.1, 0.15) is 0 Å². The molecule has 0 saturated carbocycles. The van der Waals surface area contributed by atoms with Crippen LogP contribution in [0.5, 0.6) is 0 Å². The van der Waals surface area contributed by atoms with Crippen molar-refractivity contribution in [3.63, 3.8) is 0 Å². The average Bonchev–Trinajstić information content (AvgIpc) is 3.28. The van der Waals surface area contributed by atoms with E-state index < -0.39 is 12.1 Å². The highest BCUT2D eigenvalue weighted by molar-refractivity contribution is 5.85. The van der Waals surface area contributed by atoms with Crippen LogP contribution in [0.1, 0.15) is 22.7 Å². The topological polar surface area (TPSA) is 103 Å².